The van der Waals surface area contributed by atoms with E-state index in [0.717, 1.165) is 33.9 Å². The van der Waals surface area contributed by atoms with Crippen LogP contribution in [0, 0.1) is 12.7 Å². The molecule has 0 aliphatic rings. The van der Waals surface area contributed by atoms with Gasteiger partial charge in [-0.05, 0) is 50.6 Å². The topological polar surface area (TPSA) is 48.1 Å². The number of nitrogens with zero attached hydrogens (tertiary/aromatic N) is 5. The fourth-order valence-electron chi connectivity index (χ4n) is 3.90. The van der Waals surface area contributed by atoms with Gasteiger partial charge >= 0.3 is 0 Å². The number of benzene rings is 2. The first kappa shape index (κ1) is 22.7. The van der Waals surface area contributed by atoms with E-state index in [1.807, 2.05) is 59.2 Å². The zero-order valence-corrected chi connectivity index (χ0v) is 19.8. The van der Waals surface area contributed by atoms with E-state index in [2.05, 4.69) is 36.7 Å². The highest BCUT2D eigenvalue weighted by Crippen LogP contribution is 2.30. The molecule has 0 saturated heterocycles. The molecule has 0 atom stereocenters. The number of aromatic nitrogens is 4. The van der Waals surface area contributed by atoms with Crippen molar-refractivity contribution in [3.8, 4) is 22.7 Å². The highest BCUT2D eigenvalue weighted by atomic mass is 19.1. The molecule has 0 aliphatic heterocycles. The van der Waals surface area contributed by atoms with E-state index in [9.17, 15) is 4.39 Å². The number of hydrogen-bond donors (Lipinski definition) is 0. The second kappa shape index (κ2) is 9.58. The van der Waals surface area contributed by atoms with Crippen LogP contribution in [0.25, 0.3) is 16.9 Å². The number of para-hydroxylation sites is 1. The summed E-state index contributed by atoms with van der Waals surface area (Å²) in [6, 6.07) is 13.4. The molecule has 33 heavy (non-hydrogen) atoms. The summed E-state index contributed by atoms with van der Waals surface area (Å²) < 4.78 is 23.6. The average molecular weight is 448 g/mol. The quantitative estimate of drug-likeness (QED) is 0.375. The fraction of sp³-hybridized carbons (Fsp3) is 0.308. The van der Waals surface area contributed by atoms with Crippen LogP contribution in [0.5, 0.6) is 5.75 Å². The molecule has 0 amide bonds. The van der Waals surface area contributed by atoms with E-state index in [-0.39, 0.29) is 11.8 Å². The maximum absolute atomic E-state index is 14.6. The lowest BCUT2D eigenvalue weighted by atomic mass is 10.1. The molecule has 0 aliphatic carbocycles. The highest BCUT2D eigenvalue weighted by molar-refractivity contribution is 5.64. The summed E-state index contributed by atoms with van der Waals surface area (Å²) in [5.74, 6) is 0.810. The normalized spacial score (nSPS) is 11.5. The molecule has 0 unspecified atom stereocenters. The maximum atomic E-state index is 14.6. The van der Waals surface area contributed by atoms with Gasteiger partial charge in [-0.2, -0.15) is 5.10 Å². The second-order valence-corrected chi connectivity index (χ2v) is 8.54. The van der Waals surface area contributed by atoms with Gasteiger partial charge in [-0.15, -0.1) is 0 Å². The lowest BCUT2D eigenvalue weighted by Crippen LogP contribution is -2.31. The first-order valence-electron chi connectivity index (χ1n) is 11.1. The molecule has 2 aromatic heterocycles. The minimum atomic E-state index is -0.403. The highest BCUT2D eigenvalue weighted by Gasteiger charge is 2.20. The number of ether oxygens (including phenoxy) is 1. The monoisotopic (exact) mass is 447 g/mol. The van der Waals surface area contributed by atoms with Gasteiger partial charge in [0, 0.05) is 49.4 Å². The zero-order valence-electron chi connectivity index (χ0n) is 19.8. The number of methoxy groups -OCH3 is 1. The summed E-state index contributed by atoms with van der Waals surface area (Å²) in [5, 5.41) is 4.90. The molecule has 0 bridgehead atoms. The molecule has 0 N–H and O–H groups in total. The number of rotatable bonds is 8. The standard InChI is InChI=1S/C26H30FN5O/c1-18(2)31(17-25-28-12-13-30(25)4)15-21-16-32(23-9-7-6-8-19(23)3)29-26(21)20-10-11-24(33-5)22(27)14-20/h6-14,16,18H,15,17H2,1-5H3. The van der Waals surface area contributed by atoms with Crippen molar-refractivity contribution in [1.82, 2.24) is 24.2 Å². The third kappa shape index (κ3) is 4.83. The van der Waals surface area contributed by atoms with Gasteiger partial charge in [0.25, 0.3) is 0 Å². The zero-order chi connectivity index (χ0) is 23.5. The summed E-state index contributed by atoms with van der Waals surface area (Å²) in [6.45, 7) is 7.75. The Kier molecular flexibility index (Phi) is 6.60. The van der Waals surface area contributed by atoms with Gasteiger partial charge in [0.15, 0.2) is 11.6 Å². The SMILES string of the molecule is COc1ccc(-c2nn(-c3ccccc3C)cc2CN(Cc2nccn2C)C(C)C)cc1F. The van der Waals surface area contributed by atoms with E-state index in [1.54, 1.807) is 6.07 Å². The van der Waals surface area contributed by atoms with Crippen LogP contribution in [0.4, 0.5) is 4.39 Å². The molecule has 0 radical (unpaired) electrons. The van der Waals surface area contributed by atoms with Crippen LogP contribution in [0.1, 0.15) is 30.8 Å². The smallest absolute Gasteiger partial charge is 0.165 e. The number of aryl methyl sites for hydroxylation is 2. The van der Waals surface area contributed by atoms with Gasteiger partial charge < -0.3 is 9.30 Å². The van der Waals surface area contributed by atoms with E-state index in [4.69, 9.17) is 9.84 Å². The Morgan fingerprint density at radius 3 is 2.55 bits per heavy atom. The summed E-state index contributed by atoms with van der Waals surface area (Å²) in [6.07, 6.45) is 5.82. The second-order valence-electron chi connectivity index (χ2n) is 8.54. The van der Waals surface area contributed by atoms with Crippen LogP contribution in [-0.4, -0.2) is 37.4 Å². The van der Waals surface area contributed by atoms with Crippen molar-refractivity contribution >= 4 is 0 Å². The van der Waals surface area contributed by atoms with Crippen molar-refractivity contribution in [2.45, 2.75) is 39.9 Å². The molecule has 172 valence electrons. The Morgan fingerprint density at radius 1 is 1.12 bits per heavy atom. The van der Waals surface area contributed by atoms with Gasteiger partial charge in [-0.1, -0.05) is 18.2 Å². The Balaban J connectivity index is 1.77. The molecule has 0 spiro atoms. The van der Waals surface area contributed by atoms with Crippen molar-refractivity contribution in [1.29, 1.82) is 0 Å². The third-order valence-corrected chi connectivity index (χ3v) is 5.95. The van der Waals surface area contributed by atoms with E-state index in [0.29, 0.717) is 13.1 Å². The third-order valence-electron chi connectivity index (χ3n) is 5.95. The van der Waals surface area contributed by atoms with Crippen molar-refractivity contribution in [2.24, 2.45) is 7.05 Å². The van der Waals surface area contributed by atoms with Crippen LogP contribution in [0.2, 0.25) is 0 Å². The first-order valence-corrected chi connectivity index (χ1v) is 11.1. The minimum absolute atomic E-state index is 0.220. The molecular formula is C26H30FN5O. The van der Waals surface area contributed by atoms with Crippen molar-refractivity contribution < 1.29 is 9.13 Å². The molecule has 2 heterocycles. The van der Waals surface area contributed by atoms with Crippen LogP contribution >= 0.6 is 0 Å². The van der Waals surface area contributed by atoms with E-state index < -0.39 is 5.82 Å². The largest absolute Gasteiger partial charge is 0.494 e. The minimum Gasteiger partial charge on any atom is -0.494 e. The molecule has 6 nitrogen and oxygen atoms in total. The summed E-state index contributed by atoms with van der Waals surface area (Å²) in [4.78, 5) is 6.83. The van der Waals surface area contributed by atoms with Crippen LogP contribution in [0.3, 0.4) is 0 Å². The predicted octanol–water partition coefficient (Wildman–Crippen LogP) is 5.14. The Bertz CT molecular complexity index is 1240. The van der Waals surface area contributed by atoms with Gasteiger partial charge in [-0.25, -0.2) is 14.1 Å². The van der Waals surface area contributed by atoms with Crippen molar-refractivity contribution in [3.05, 3.63) is 83.8 Å². The lowest BCUT2D eigenvalue weighted by molar-refractivity contribution is 0.197. The molecule has 7 heteroatoms. The van der Waals surface area contributed by atoms with E-state index >= 15 is 0 Å². The fourth-order valence-corrected chi connectivity index (χ4v) is 3.90. The Labute approximate surface area is 194 Å². The maximum Gasteiger partial charge on any atom is 0.165 e. The number of imidazole rings is 1. The lowest BCUT2D eigenvalue weighted by Gasteiger charge is -2.26. The molecule has 4 aromatic rings. The number of hydrogen-bond acceptors (Lipinski definition) is 4. The van der Waals surface area contributed by atoms with Gasteiger partial charge in [0.05, 0.1) is 25.0 Å². The van der Waals surface area contributed by atoms with Crippen molar-refractivity contribution in [3.63, 3.8) is 0 Å². The summed E-state index contributed by atoms with van der Waals surface area (Å²) in [5.41, 5.74) is 4.61. The molecule has 0 fully saturated rings. The number of halogens is 1. The van der Waals surface area contributed by atoms with Gasteiger partial charge in [0.2, 0.25) is 0 Å². The average Bonchev–Trinajstić information content (AvgIpc) is 3.39. The first-order chi connectivity index (χ1) is 15.9. The summed E-state index contributed by atoms with van der Waals surface area (Å²) >= 11 is 0. The van der Waals surface area contributed by atoms with Gasteiger partial charge in [0.1, 0.15) is 5.82 Å². The molecular weight excluding hydrogens is 417 g/mol. The Morgan fingerprint density at radius 2 is 1.91 bits per heavy atom. The van der Waals surface area contributed by atoms with Gasteiger partial charge in [-0.3, -0.25) is 4.90 Å². The van der Waals surface area contributed by atoms with E-state index in [1.165, 1.54) is 13.2 Å². The van der Waals surface area contributed by atoms with Crippen LogP contribution in [0.15, 0.2) is 61.1 Å². The molecule has 0 saturated carbocycles. The van der Waals surface area contributed by atoms with Crippen LogP contribution in [-0.2, 0) is 20.1 Å². The molecule has 2 aromatic carbocycles. The predicted molar refractivity (Wildman–Crippen MR) is 128 cm³/mol. The Hall–Kier alpha value is -3.45. The van der Waals surface area contributed by atoms with Crippen molar-refractivity contribution in [2.75, 3.05) is 7.11 Å². The van der Waals surface area contributed by atoms with Crippen LogP contribution < -0.4 is 4.74 Å². The summed E-state index contributed by atoms with van der Waals surface area (Å²) in [7, 11) is 3.47. The molecule has 4 rings (SSSR count).